The minimum absolute atomic E-state index is 0.165. The first-order valence-electron chi connectivity index (χ1n) is 10.1. The van der Waals surface area contributed by atoms with Gasteiger partial charge in [0.05, 0.1) is 17.7 Å². The van der Waals surface area contributed by atoms with Crippen LogP contribution in [0.3, 0.4) is 0 Å². The maximum Gasteiger partial charge on any atom is 0.338 e. The number of amides is 1. The highest BCUT2D eigenvalue weighted by molar-refractivity contribution is 6.00. The minimum Gasteiger partial charge on any atom is -0.454 e. The van der Waals surface area contributed by atoms with Crippen LogP contribution >= 0.6 is 0 Å². The lowest BCUT2D eigenvalue weighted by Gasteiger charge is -2.14. The van der Waals surface area contributed by atoms with E-state index in [0.717, 1.165) is 30.8 Å². The van der Waals surface area contributed by atoms with Gasteiger partial charge in [0.1, 0.15) is 6.42 Å². The smallest absolute Gasteiger partial charge is 0.338 e. The van der Waals surface area contributed by atoms with Crippen molar-refractivity contribution in [3.05, 3.63) is 52.8 Å². The highest BCUT2D eigenvalue weighted by Crippen LogP contribution is 2.21. The molecule has 0 bridgehead atoms. The molecule has 8 heteroatoms. The zero-order chi connectivity index (χ0) is 22.4. The Labute approximate surface area is 180 Å². The first-order valence-corrected chi connectivity index (χ1v) is 10.1. The van der Waals surface area contributed by atoms with E-state index in [1.165, 1.54) is 24.3 Å². The van der Waals surface area contributed by atoms with Crippen LogP contribution in [0.1, 0.15) is 51.4 Å². The van der Waals surface area contributed by atoms with E-state index in [9.17, 15) is 14.4 Å². The second-order valence-corrected chi connectivity index (χ2v) is 7.49. The number of carbonyl (C=O) groups excluding carboxylic acids is 3. The number of esters is 1. The molecule has 1 saturated heterocycles. The van der Waals surface area contributed by atoms with E-state index in [2.05, 4.69) is 9.88 Å². The van der Waals surface area contributed by atoms with E-state index >= 15 is 0 Å². The Hall–Kier alpha value is -3.44. The predicted molar refractivity (Wildman–Crippen MR) is 113 cm³/mol. The Morgan fingerprint density at radius 2 is 2.00 bits per heavy atom. The lowest BCUT2D eigenvalue weighted by molar-refractivity contribution is -0.115. The Morgan fingerprint density at radius 1 is 1.26 bits per heavy atom. The number of carbonyl (C=O) groups is 3. The van der Waals surface area contributed by atoms with Crippen LogP contribution in [0.25, 0.3) is 0 Å². The monoisotopic (exact) mass is 423 g/mol. The standard InChI is InChI=1S/C23H25N3O5/c1-15-12-20(16(2)26(15)13-19-4-3-11-30-19)21(27)14-31-23(29)17-5-7-18(8-6-17)25-22(28)9-10-24/h5-8,12,19H,3-4,9,11,13-14H2,1-2H3,(H,25,28). The van der Waals surface area contributed by atoms with Crippen LogP contribution in [0.4, 0.5) is 5.69 Å². The van der Waals surface area contributed by atoms with Gasteiger partial charge in [-0.05, 0) is 57.0 Å². The molecule has 1 aliphatic rings. The predicted octanol–water partition coefficient (Wildman–Crippen LogP) is 3.18. The maximum absolute atomic E-state index is 12.6. The van der Waals surface area contributed by atoms with Gasteiger partial charge in [0.15, 0.2) is 6.61 Å². The lowest BCUT2D eigenvalue weighted by Crippen LogP contribution is -2.18. The van der Waals surface area contributed by atoms with Gasteiger partial charge < -0.3 is 19.4 Å². The molecule has 1 N–H and O–H groups in total. The molecule has 1 aliphatic heterocycles. The van der Waals surface area contributed by atoms with Crippen molar-refractivity contribution in [1.82, 2.24) is 4.57 Å². The summed E-state index contributed by atoms with van der Waals surface area (Å²) in [5.74, 6) is -1.32. The SMILES string of the molecule is Cc1cc(C(=O)COC(=O)c2ccc(NC(=O)CC#N)cc2)c(C)n1CC1CCCO1. The number of ether oxygens (including phenoxy) is 2. The number of nitrogens with one attached hydrogen (secondary N) is 1. The van der Waals surface area contributed by atoms with Crippen molar-refractivity contribution >= 4 is 23.3 Å². The van der Waals surface area contributed by atoms with Crippen LogP contribution in [0.15, 0.2) is 30.3 Å². The van der Waals surface area contributed by atoms with Crippen LogP contribution in [-0.4, -0.2) is 41.5 Å². The number of nitrogens with zero attached hydrogens (tertiary/aromatic N) is 2. The minimum atomic E-state index is -0.628. The molecule has 0 saturated carbocycles. The number of ketones is 1. The normalized spacial score (nSPS) is 15.3. The van der Waals surface area contributed by atoms with Gasteiger partial charge in [0.25, 0.3) is 0 Å². The summed E-state index contributed by atoms with van der Waals surface area (Å²) in [6, 6.07) is 9.62. The molecule has 1 aromatic carbocycles. The number of hydrogen-bond acceptors (Lipinski definition) is 6. The van der Waals surface area contributed by atoms with Crippen molar-refractivity contribution in [2.75, 3.05) is 18.5 Å². The number of anilines is 1. The molecule has 0 radical (unpaired) electrons. The Balaban J connectivity index is 1.57. The number of aromatic nitrogens is 1. The average Bonchev–Trinajstić information content (AvgIpc) is 3.36. The van der Waals surface area contributed by atoms with Crippen LogP contribution in [-0.2, 0) is 20.8 Å². The van der Waals surface area contributed by atoms with Crippen LogP contribution < -0.4 is 5.32 Å². The van der Waals surface area contributed by atoms with Gasteiger partial charge in [0.2, 0.25) is 11.7 Å². The van der Waals surface area contributed by atoms with Crippen molar-refractivity contribution in [3.63, 3.8) is 0 Å². The molecule has 2 heterocycles. The fourth-order valence-corrected chi connectivity index (χ4v) is 3.62. The summed E-state index contributed by atoms with van der Waals surface area (Å²) < 4.78 is 13.0. The maximum atomic E-state index is 12.6. The summed E-state index contributed by atoms with van der Waals surface area (Å²) in [5.41, 5.74) is 3.07. The summed E-state index contributed by atoms with van der Waals surface area (Å²) in [4.78, 5) is 36.3. The van der Waals surface area contributed by atoms with E-state index in [4.69, 9.17) is 14.7 Å². The highest BCUT2D eigenvalue weighted by atomic mass is 16.5. The Morgan fingerprint density at radius 3 is 2.65 bits per heavy atom. The number of aryl methyl sites for hydroxylation is 1. The molecule has 1 fully saturated rings. The molecule has 1 amide bonds. The zero-order valence-corrected chi connectivity index (χ0v) is 17.6. The quantitative estimate of drug-likeness (QED) is 0.516. The molecule has 3 rings (SSSR count). The number of benzene rings is 1. The molecular weight excluding hydrogens is 398 g/mol. The first-order chi connectivity index (χ1) is 14.9. The van der Waals surface area contributed by atoms with Crippen molar-refractivity contribution in [2.45, 2.75) is 45.8 Å². The van der Waals surface area contributed by atoms with Gasteiger partial charge in [-0.25, -0.2) is 4.79 Å². The molecule has 0 aliphatic carbocycles. The fraction of sp³-hybridized carbons (Fsp3) is 0.391. The molecule has 2 aromatic rings. The second-order valence-electron chi connectivity index (χ2n) is 7.49. The highest BCUT2D eigenvalue weighted by Gasteiger charge is 2.22. The summed E-state index contributed by atoms with van der Waals surface area (Å²) in [6.07, 6.45) is 1.98. The van der Waals surface area contributed by atoms with E-state index in [-0.39, 0.29) is 30.5 Å². The summed E-state index contributed by atoms with van der Waals surface area (Å²) in [5, 5.41) is 11.0. The van der Waals surface area contributed by atoms with Crippen LogP contribution in [0, 0.1) is 25.2 Å². The molecule has 8 nitrogen and oxygen atoms in total. The first kappa shape index (κ1) is 22.2. The molecule has 162 valence electrons. The number of nitriles is 1. The van der Waals surface area contributed by atoms with Crippen molar-refractivity contribution in [1.29, 1.82) is 5.26 Å². The summed E-state index contributed by atoms with van der Waals surface area (Å²) in [7, 11) is 0. The van der Waals surface area contributed by atoms with Gasteiger partial charge in [-0.3, -0.25) is 9.59 Å². The van der Waals surface area contributed by atoms with Gasteiger partial charge >= 0.3 is 5.97 Å². The van der Waals surface area contributed by atoms with E-state index < -0.39 is 11.9 Å². The van der Waals surface area contributed by atoms with Gasteiger partial charge in [-0.15, -0.1) is 0 Å². The van der Waals surface area contributed by atoms with Crippen molar-refractivity contribution in [2.24, 2.45) is 0 Å². The van der Waals surface area contributed by atoms with E-state index in [1.807, 2.05) is 19.9 Å². The van der Waals surface area contributed by atoms with Crippen LogP contribution in [0.2, 0.25) is 0 Å². The topological polar surface area (TPSA) is 110 Å². The third-order valence-corrected chi connectivity index (χ3v) is 5.26. The molecule has 1 atom stereocenters. The molecule has 1 aromatic heterocycles. The van der Waals surface area contributed by atoms with E-state index in [0.29, 0.717) is 17.8 Å². The zero-order valence-electron chi connectivity index (χ0n) is 17.6. The Bertz CT molecular complexity index is 1010. The third-order valence-electron chi connectivity index (χ3n) is 5.26. The largest absolute Gasteiger partial charge is 0.454 e. The number of rotatable bonds is 8. The molecule has 0 spiro atoms. The molecule has 31 heavy (non-hydrogen) atoms. The van der Waals surface area contributed by atoms with Crippen molar-refractivity contribution < 1.29 is 23.9 Å². The number of Topliss-reactive ketones (excluding diaryl/α,β-unsaturated/α-hetero) is 1. The molecule has 1 unspecified atom stereocenters. The fourth-order valence-electron chi connectivity index (χ4n) is 3.62. The van der Waals surface area contributed by atoms with E-state index in [1.54, 1.807) is 6.07 Å². The van der Waals surface area contributed by atoms with Gasteiger partial charge in [-0.2, -0.15) is 5.26 Å². The summed E-state index contributed by atoms with van der Waals surface area (Å²) >= 11 is 0. The van der Waals surface area contributed by atoms with Crippen LogP contribution in [0.5, 0.6) is 0 Å². The van der Waals surface area contributed by atoms with Gasteiger partial charge in [0, 0.05) is 35.8 Å². The van der Waals surface area contributed by atoms with Crippen molar-refractivity contribution in [3.8, 4) is 6.07 Å². The Kier molecular flexibility index (Phi) is 7.21. The molecular formula is C23H25N3O5. The third kappa shape index (κ3) is 5.58. The summed E-state index contributed by atoms with van der Waals surface area (Å²) in [6.45, 7) is 4.96. The van der Waals surface area contributed by atoms with Gasteiger partial charge in [-0.1, -0.05) is 0 Å². The average molecular weight is 423 g/mol. The lowest BCUT2D eigenvalue weighted by atomic mass is 10.1. The second kappa shape index (κ2) is 10.0. The number of hydrogen-bond donors (Lipinski definition) is 1.